The van der Waals surface area contributed by atoms with Crippen LogP contribution in [0, 0.1) is 0 Å². The topological polar surface area (TPSA) is 136 Å². The van der Waals surface area contributed by atoms with E-state index in [1.807, 2.05) is 6.07 Å². The second kappa shape index (κ2) is 6.37. The highest BCUT2D eigenvalue weighted by atomic mass is 31.2. The highest BCUT2D eigenvalue weighted by Gasteiger charge is 2.59. The predicted molar refractivity (Wildman–Crippen MR) is 94.7 cm³/mol. The number of rotatable bonds is 5. The van der Waals surface area contributed by atoms with E-state index >= 15 is 0 Å². The van der Waals surface area contributed by atoms with Crippen molar-refractivity contribution in [3.05, 3.63) is 48.4 Å². The van der Waals surface area contributed by atoms with E-state index in [4.69, 9.17) is 0 Å². The summed E-state index contributed by atoms with van der Waals surface area (Å²) in [6, 6.07) is 8.50. The van der Waals surface area contributed by atoms with Gasteiger partial charge in [-0.25, -0.2) is 4.39 Å². The predicted octanol–water partition coefficient (Wildman–Crippen LogP) is 2.87. The van der Waals surface area contributed by atoms with Crippen LogP contribution in [0.15, 0.2) is 42.7 Å². The van der Waals surface area contributed by atoms with Crippen LogP contribution < -0.4 is 0 Å². The molecule has 0 aliphatic rings. The third-order valence-corrected chi connectivity index (χ3v) is 8.48. The number of hydrogen-bond acceptors (Lipinski definition) is 4. The van der Waals surface area contributed by atoms with Gasteiger partial charge in [-0.15, -0.1) is 0 Å². The van der Waals surface area contributed by atoms with Crippen LogP contribution in [0.5, 0.6) is 0 Å². The van der Waals surface area contributed by atoms with E-state index in [-0.39, 0.29) is 5.69 Å². The fraction of sp³-hybridized carbons (Fsp3) is 0.200. The molecule has 0 spiro atoms. The first kappa shape index (κ1) is 18.9. The number of hydrogen-bond donors (Lipinski definition) is 4. The molecule has 0 aliphatic heterocycles. The molecule has 138 valence electrons. The standard InChI is InChI=1S/C15H16FN3O5P2/c1-25(20,21)15(16,26(22,23)24)8-11-7-10(5-6-17-11)12-3-2-4-14-13(12)9-18-19-14/h2-7,9H,8H2,1H3,(H,18,19)(H,20,21)(H2,22,23,24). The lowest BCUT2D eigenvalue weighted by molar-refractivity contribution is 0.250. The maximum absolute atomic E-state index is 14.9. The van der Waals surface area contributed by atoms with Crippen LogP contribution in [-0.4, -0.2) is 41.7 Å². The molecule has 0 saturated heterocycles. The highest BCUT2D eigenvalue weighted by molar-refractivity contribution is 7.74. The number of halogens is 1. The lowest BCUT2D eigenvalue weighted by Gasteiger charge is -2.28. The van der Waals surface area contributed by atoms with Crippen molar-refractivity contribution in [3.63, 3.8) is 0 Å². The molecule has 0 aliphatic carbocycles. The molecule has 0 fully saturated rings. The number of alkyl halides is 1. The minimum atomic E-state index is -5.53. The van der Waals surface area contributed by atoms with Crippen molar-refractivity contribution in [1.29, 1.82) is 0 Å². The summed E-state index contributed by atoms with van der Waals surface area (Å²) in [6.45, 7) is 0.585. The molecule has 11 heteroatoms. The number of nitrogens with one attached hydrogen (secondary N) is 1. The normalized spacial score (nSPS) is 17.0. The lowest BCUT2D eigenvalue weighted by atomic mass is 10.0. The van der Waals surface area contributed by atoms with Crippen molar-refractivity contribution in [2.24, 2.45) is 0 Å². The zero-order chi connectivity index (χ0) is 19.2. The van der Waals surface area contributed by atoms with Gasteiger partial charge in [0.15, 0.2) is 0 Å². The summed E-state index contributed by atoms with van der Waals surface area (Å²) in [4.78, 5) is 32.1. The molecule has 0 radical (unpaired) electrons. The summed E-state index contributed by atoms with van der Waals surface area (Å²) in [7, 11) is -10.3. The number of benzene rings is 1. The van der Waals surface area contributed by atoms with Crippen molar-refractivity contribution in [1.82, 2.24) is 15.2 Å². The van der Waals surface area contributed by atoms with Crippen LogP contribution in [0.1, 0.15) is 5.69 Å². The maximum atomic E-state index is 14.9. The van der Waals surface area contributed by atoms with Gasteiger partial charge < -0.3 is 14.7 Å². The molecule has 2 atom stereocenters. The van der Waals surface area contributed by atoms with Gasteiger partial charge in [0.1, 0.15) is 0 Å². The molecule has 0 amide bonds. The summed E-state index contributed by atoms with van der Waals surface area (Å²) in [5, 5.41) is 3.98. The Morgan fingerprint density at radius 3 is 2.62 bits per heavy atom. The van der Waals surface area contributed by atoms with Crippen molar-refractivity contribution < 1.29 is 28.2 Å². The summed E-state index contributed by atoms with van der Waals surface area (Å²) in [5.41, 5.74) is 2.09. The highest BCUT2D eigenvalue weighted by Crippen LogP contribution is 2.71. The Hall–Kier alpha value is -1.89. The van der Waals surface area contributed by atoms with Crippen LogP contribution in [0.4, 0.5) is 4.39 Å². The van der Waals surface area contributed by atoms with E-state index in [0.717, 1.165) is 16.5 Å². The van der Waals surface area contributed by atoms with Crippen LogP contribution in [0.25, 0.3) is 22.0 Å². The van der Waals surface area contributed by atoms with Gasteiger partial charge >= 0.3 is 7.60 Å². The molecule has 2 aromatic heterocycles. The van der Waals surface area contributed by atoms with E-state index in [1.165, 1.54) is 12.3 Å². The van der Waals surface area contributed by atoms with Crippen molar-refractivity contribution in [2.45, 2.75) is 11.6 Å². The maximum Gasteiger partial charge on any atom is 0.372 e. The number of H-pyrrole nitrogens is 1. The van der Waals surface area contributed by atoms with E-state index < -0.39 is 26.5 Å². The van der Waals surface area contributed by atoms with Gasteiger partial charge in [0.25, 0.3) is 5.15 Å². The quantitative estimate of drug-likeness (QED) is 0.484. The van der Waals surface area contributed by atoms with Crippen LogP contribution >= 0.6 is 15.0 Å². The van der Waals surface area contributed by atoms with Gasteiger partial charge in [-0.2, -0.15) is 5.10 Å². The monoisotopic (exact) mass is 399 g/mol. The third kappa shape index (κ3) is 3.24. The van der Waals surface area contributed by atoms with Gasteiger partial charge in [0.2, 0.25) is 7.37 Å². The molecule has 3 aromatic rings. The number of aromatic nitrogens is 3. The van der Waals surface area contributed by atoms with Gasteiger partial charge in [0.05, 0.1) is 11.7 Å². The van der Waals surface area contributed by atoms with E-state index in [9.17, 15) is 28.2 Å². The Labute approximate surface area is 147 Å². The second-order valence-electron chi connectivity index (χ2n) is 5.99. The Morgan fingerprint density at radius 1 is 1.23 bits per heavy atom. The summed E-state index contributed by atoms with van der Waals surface area (Å²) < 4.78 is 38.3. The first-order valence-corrected chi connectivity index (χ1v) is 11.2. The van der Waals surface area contributed by atoms with Crippen molar-refractivity contribution in [2.75, 3.05) is 6.66 Å². The zero-order valence-corrected chi connectivity index (χ0v) is 15.4. The molecule has 0 saturated carbocycles. The molecular formula is C15H16FN3O5P2. The van der Waals surface area contributed by atoms with Gasteiger partial charge in [-0.1, -0.05) is 12.1 Å². The lowest BCUT2D eigenvalue weighted by Crippen LogP contribution is -2.26. The minimum absolute atomic E-state index is 0.0510. The number of pyridine rings is 1. The molecule has 3 rings (SSSR count). The van der Waals surface area contributed by atoms with Gasteiger partial charge in [0, 0.05) is 30.4 Å². The summed E-state index contributed by atoms with van der Waals surface area (Å²) in [5.74, 6) is 0. The number of nitrogens with zero attached hydrogens (tertiary/aromatic N) is 2. The fourth-order valence-electron chi connectivity index (χ4n) is 2.68. The average molecular weight is 399 g/mol. The SMILES string of the molecule is CP(=O)(O)C(F)(Cc1cc(-c2cccc3[nH]ncc23)ccn1)P(=O)(O)O. The Morgan fingerprint density at radius 2 is 1.96 bits per heavy atom. The third-order valence-electron chi connectivity index (χ3n) is 4.10. The zero-order valence-electron chi connectivity index (χ0n) is 13.6. The van der Waals surface area contributed by atoms with Crippen LogP contribution in [0.2, 0.25) is 0 Å². The van der Waals surface area contributed by atoms with E-state index in [0.29, 0.717) is 12.2 Å². The van der Waals surface area contributed by atoms with E-state index in [1.54, 1.807) is 24.4 Å². The molecular weight excluding hydrogens is 383 g/mol. The second-order valence-corrected chi connectivity index (χ2v) is 10.6. The summed E-state index contributed by atoms with van der Waals surface area (Å²) in [6.07, 6.45) is 1.98. The van der Waals surface area contributed by atoms with Crippen LogP contribution in [-0.2, 0) is 15.6 Å². The van der Waals surface area contributed by atoms with Crippen molar-refractivity contribution >= 4 is 25.9 Å². The Balaban J connectivity index is 2.07. The molecule has 8 nitrogen and oxygen atoms in total. The molecule has 0 bridgehead atoms. The minimum Gasteiger partial charge on any atom is -0.342 e. The van der Waals surface area contributed by atoms with Gasteiger partial charge in [-0.3, -0.25) is 19.2 Å². The first-order valence-electron chi connectivity index (χ1n) is 7.45. The first-order chi connectivity index (χ1) is 12.0. The molecule has 2 unspecified atom stereocenters. The molecule has 1 aromatic carbocycles. The molecule has 4 N–H and O–H groups in total. The number of fused-ring (bicyclic) bond motifs is 1. The van der Waals surface area contributed by atoms with Gasteiger partial charge in [-0.05, 0) is 29.3 Å². The molecule has 26 heavy (non-hydrogen) atoms. The average Bonchev–Trinajstić information content (AvgIpc) is 3.01. The largest absolute Gasteiger partial charge is 0.372 e. The summed E-state index contributed by atoms with van der Waals surface area (Å²) >= 11 is 0. The Kier molecular flexibility index (Phi) is 4.63. The fourth-order valence-corrected chi connectivity index (χ4v) is 5.44. The molecule has 2 heterocycles. The van der Waals surface area contributed by atoms with E-state index in [2.05, 4.69) is 15.2 Å². The number of aromatic amines is 1. The van der Waals surface area contributed by atoms with Crippen LogP contribution in [0.3, 0.4) is 0 Å². The Bertz CT molecular complexity index is 1040. The van der Waals surface area contributed by atoms with Crippen molar-refractivity contribution in [3.8, 4) is 11.1 Å². The smallest absolute Gasteiger partial charge is 0.342 e.